The maximum Gasteiger partial charge on any atom is 0.344 e. The Morgan fingerprint density at radius 3 is 2.91 bits per heavy atom. The Hall–Kier alpha value is -1.86. The molecule has 0 radical (unpaired) electrons. The fourth-order valence-electron chi connectivity index (χ4n) is 2.27. The molecule has 2 aromatic heterocycles. The maximum atomic E-state index is 11.7. The average Bonchev–Trinajstić information content (AvgIpc) is 3.15. The Labute approximate surface area is 135 Å². The fraction of sp³-hybridized carbons (Fsp3) is 0.267. The van der Waals surface area contributed by atoms with Gasteiger partial charge in [-0.1, -0.05) is 42.1 Å². The van der Waals surface area contributed by atoms with Crippen LogP contribution in [0.15, 0.2) is 45.7 Å². The molecule has 0 bridgehead atoms. The number of thioether (sulfide) groups is 1. The van der Waals surface area contributed by atoms with Crippen LogP contribution in [0.5, 0.6) is 0 Å². The predicted molar refractivity (Wildman–Crippen MR) is 88.2 cm³/mol. The predicted octanol–water partition coefficient (Wildman–Crippen LogP) is 3.32. The number of aromatic nitrogens is 4. The van der Waals surface area contributed by atoms with Crippen molar-refractivity contribution in [2.45, 2.75) is 29.8 Å². The van der Waals surface area contributed by atoms with Crippen LogP contribution >= 0.6 is 23.1 Å². The Morgan fingerprint density at radius 2 is 2.14 bits per heavy atom. The van der Waals surface area contributed by atoms with Gasteiger partial charge in [0.2, 0.25) is 0 Å². The van der Waals surface area contributed by atoms with Gasteiger partial charge in [-0.15, -0.1) is 16.4 Å². The van der Waals surface area contributed by atoms with Gasteiger partial charge in [0.05, 0.1) is 5.69 Å². The SMILES string of the molecule is O=c1[nH]nc(SCc2csc(-c3ccccc3)n2)n1C1CC1. The summed E-state index contributed by atoms with van der Waals surface area (Å²) in [5.74, 6) is 0.723. The van der Waals surface area contributed by atoms with Crippen molar-refractivity contribution in [3.8, 4) is 10.6 Å². The second-order valence-corrected chi connectivity index (χ2v) is 7.01. The summed E-state index contributed by atoms with van der Waals surface area (Å²) in [4.78, 5) is 16.4. The van der Waals surface area contributed by atoms with Crippen LogP contribution in [0.2, 0.25) is 0 Å². The van der Waals surface area contributed by atoms with Gasteiger partial charge in [0.25, 0.3) is 0 Å². The lowest BCUT2D eigenvalue weighted by Gasteiger charge is -2.01. The quantitative estimate of drug-likeness (QED) is 0.729. The van der Waals surface area contributed by atoms with Crippen LogP contribution in [-0.4, -0.2) is 19.7 Å². The molecule has 7 heteroatoms. The molecule has 2 heterocycles. The fourth-order valence-corrected chi connectivity index (χ4v) is 4.11. The van der Waals surface area contributed by atoms with Crippen molar-refractivity contribution in [2.24, 2.45) is 0 Å². The highest BCUT2D eigenvalue weighted by atomic mass is 32.2. The third kappa shape index (κ3) is 2.74. The van der Waals surface area contributed by atoms with Crippen LogP contribution in [0.3, 0.4) is 0 Å². The molecule has 22 heavy (non-hydrogen) atoms. The molecule has 3 aromatic rings. The zero-order valence-electron chi connectivity index (χ0n) is 11.7. The molecule has 0 unspecified atom stereocenters. The van der Waals surface area contributed by atoms with E-state index in [1.54, 1.807) is 27.7 Å². The number of nitrogens with one attached hydrogen (secondary N) is 1. The third-order valence-corrected chi connectivity index (χ3v) is 5.43. The number of aromatic amines is 1. The van der Waals surface area contributed by atoms with Gasteiger partial charge in [0, 0.05) is 22.7 Å². The zero-order chi connectivity index (χ0) is 14.9. The van der Waals surface area contributed by atoms with Crippen LogP contribution in [0.25, 0.3) is 10.6 Å². The monoisotopic (exact) mass is 330 g/mol. The first-order valence-electron chi connectivity index (χ1n) is 7.11. The van der Waals surface area contributed by atoms with Crippen molar-refractivity contribution in [2.75, 3.05) is 0 Å². The molecule has 1 aliphatic carbocycles. The summed E-state index contributed by atoms with van der Waals surface area (Å²) in [5, 5.41) is 10.5. The van der Waals surface area contributed by atoms with Gasteiger partial charge in [-0.05, 0) is 12.8 Å². The molecule has 5 nitrogen and oxygen atoms in total. The van der Waals surface area contributed by atoms with E-state index in [-0.39, 0.29) is 5.69 Å². The lowest BCUT2D eigenvalue weighted by atomic mass is 10.2. The smallest absolute Gasteiger partial charge is 0.267 e. The van der Waals surface area contributed by atoms with E-state index in [9.17, 15) is 4.79 Å². The minimum absolute atomic E-state index is 0.103. The van der Waals surface area contributed by atoms with E-state index in [1.165, 1.54) is 0 Å². The first kappa shape index (κ1) is 13.8. The molecule has 0 atom stereocenters. The Balaban J connectivity index is 1.49. The van der Waals surface area contributed by atoms with E-state index in [1.807, 2.05) is 18.2 Å². The van der Waals surface area contributed by atoms with E-state index < -0.39 is 0 Å². The second kappa shape index (κ2) is 5.73. The summed E-state index contributed by atoms with van der Waals surface area (Å²) in [5.41, 5.74) is 2.05. The van der Waals surface area contributed by atoms with Gasteiger partial charge in [-0.3, -0.25) is 4.57 Å². The number of rotatable bonds is 5. The minimum atomic E-state index is -0.103. The van der Waals surface area contributed by atoms with Gasteiger partial charge < -0.3 is 0 Å². The van der Waals surface area contributed by atoms with Crippen LogP contribution in [0.4, 0.5) is 0 Å². The van der Waals surface area contributed by atoms with Crippen LogP contribution in [-0.2, 0) is 5.75 Å². The number of nitrogens with zero attached hydrogens (tertiary/aromatic N) is 3. The van der Waals surface area contributed by atoms with Gasteiger partial charge in [0.15, 0.2) is 5.16 Å². The number of thiazole rings is 1. The first-order chi connectivity index (χ1) is 10.8. The highest BCUT2D eigenvalue weighted by Crippen LogP contribution is 2.36. The van der Waals surface area contributed by atoms with E-state index in [0.717, 1.165) is 40.0 Å². The van der Waals surface area contributed by atoms with Crippen LogP contribution < -0.4 is 5.69 Å². The van der Waals surface area contributed by atoms with Crippen molar-refractivity contribution < 1.29 is 0 Å². The molecule has 0 saturated heterocycles. The molecule has 4 rings (SSSR count). The average molecular weight is 330 g/mol. The maximum absolute atomic E-state index is 11.7. The van der Waals surface area contributed by atoms with E-state index in [4.69, 9.17) is 0 Å². The normalized spacial score (nSPS) is 14.4. The highest BCUT2D eigenvalue weighted by Gasteiger charge is 2.28. The molecule has 1 aliphatic rings. The largest absolute Gasteiger partial charge is 0.344 e. The molecule has 0 amide bonds. The Bertz CT molecular complexity index is 833. The Kier molecular flexibility index (Phi) is 3.59. The highest BCUT2D eigenvalue weighted by molar-refractivity contribution is 7.98. The topological polar surface area (TPSA) is 63.6 Å². The zero-order valence-corrected chi connectivity index (χ0v) is 13.4. The lowest BCUT2D eigenvalue weighted by Crippen LogP contribution is -2.16. The molecular formula is C15H14N4OS2. The molecule has 1 N–H and O–H groups in total. The number of benzene rings is 1. The van der Waals surface area contributed by atoms with Crippen LogP contribution in [0.1, 0.15) is 24.6 Å². The minimum Gasteiger partial charge on any atom is -0.267 e. The molecule has 112 valence electrons. The molecule has 1 saturated carbocycles. The van der Waals surface area contributed by atoms with Gasteiger partial charge in [-0.25, -0.2) is 14.9 Å². The number of hydrogen-bond acceptors (Lipinski definition) is 5. The van der Waals surface area contributed by atoms with Gasteiger partial charge in [-0.2, -0.15) is 0 Å². The lowest BCUT2D eigenvalue weighted by molar-refractivity contribution is 0.642. The van der Waals surface area contributed by atoms with Crippen molar-refractivity contribution in [3.63, 3.8) is 0 Å². The molecule has 1 aromatic carbocycles. The van der Waals surface area contributed by atoms with E-state index >= 15 is 0 Å². The summed E-state index contributed by atoms with van der Waals surface area (Å²) in [6.45, 7) is 0. The summed E-state index contributed by atoms with van der Waals surface area (Å²) in [6, 6.07) is 10.5. The second-order valence-electron chi connectivity index (χ2n) is 5.21. The molecule has 0 aliphatic heterocycles. The van der Waals surface area contributed by atoms with E-state index in [0.29, 0.717) is 6.04 Å². The van der Waals surface area contributed by atoms with Crippen molar-refractivity contribution in [3.05, 3.63) is 51.9 Å². The van der Waals surface area contributed by atoms with Crippen molar-refractivity contribution in [1.29, 1.82) is 0 Å². The molecular weight excluding hydrogens is 316 g/mol. The van der Waals surface area contributed by atoms with Crippen molar-refractivity contribution in [1.82, 2.24) is 19.7 Å². The van der Waals surface area contributed by atoms with E-state index in [2.05, 4.69) is 32.7 Å². The summed E-state index contributed by atoms with van der Waals surface area (Å²) >= 11 is 3.21. The first-order valence-corrected chi connectivity index (χ1v) is 8.97. The molecule has 1 fully saturated rings. The third-order valence-electron chi connectivity index (χ3n) is 3.51. The Morgan fingerprint density at radius 1 is 1.32 bits per heavy atom. The van der Waals surface area contributed by atoms with Crippen LogP contribution in [0, 0.1) is 0 Å². The van der Waals surface area contributed by atoms with Gasteiger partial charge in [0.1, 0.15) is 5.01 Å². The summed E-state index contributed by atoms with van der Waals surface area (Å²) in [6.07, 6.45) is 2.14. The summed E-state index contributed by atoms with van der Waals surface area (Å²) < 4.78 is 1.77. The molecule has 0 spiro atoms. The van der Waals surface area contributed by atoms with Gasteiger partial charge >= 0.3 is 5.69 Å². The van der Waals surface area contributed by atoms with Crippen molar-refractivity contribution >= 4 is 23.1 Å². The summed E-state index contributed by atoms with van der Waals surface area (Å²) in [7, 11) is 0. The number of hydrogen-bond donors (Lipinski definition) is 1. The number of H-pyrrole nitrogens is 1. The standard InChI is InChI=1S/C15H14N4OS2/c20-14-17-18-15(19(14)12-6-7-12)22-9-11-8-21-13(16-11)10-4-2-1-3-5-10/h1-5,8,12H,6-7,9H2,(H,17,20).